The number of nitrogens with zero attached hydrogens (tertiary/aromatic N) is 2. The molecule has 0 aromatic heterocycles. The molecule has 4 aliphatic rings. The van der Waals surface area contributed by atoms with E-state index < -0.39 is 21.4 Å². The minimum atomic E-state index is -3.76. The van der Waals surface area contributed by atoms with E-state index in [2.05, 4.69) is 19.2 Å². The van der Waals surface area contributed by atoms with E-state index in [1.807, 2.05) is 0 Å². The van der Waals surface area contributed by atoms with Crippen LogP contribution in [0.4, 0.5) is 4.39 Å². The fraction of sp³-hybridized carbons (Fsp3) is 0.435. The molecule has 3 fully saturated rings. The van der Waals surface area contributed by atoms with Crippen LogP contribution in [0.2, 0.25) is 5.02 Å². The molecule has 1 heterocycles. The van der Waals surface area contributed by atoms with E-state index in [4.69, 9.17) is 16.6 Å². The van der Waals surface area contributed by atoms with E-state index in [9.17, 15) is 12.8 Å². The lowest BCUT2D eigenvalue weighted by Gasteiger charge is -2.73. The van der Waals surface area contributed by atoms with Crippen molar-refractivity contribution in [3.63, 3.8) is 0 Å². The van der Waals surface area contributed by atoms with Crippen LogP contribution in [0.25, 0.3) is 0 Å². The summed E-state index contributed by atoms with van der Waals surface area (Å²) in [6.45, 7) is 5.07. The van der Waals surface area contributed by atoms with Crippen molar-refractivity contribution >= 4 is 27.5 Å². The molecule has 164 valence electrons. The van der Waals surface area contributed by atoms with Crippen LogP contribution in [0.15, 0.2) is 58.4 Å². The second-order valence-electron chi connectivity index (χ2n) is 9.78. The van der Waals surface area contributed by atoms with Crippen molar-refractivity contribution in [2.45, 2.75) is 55.6 Å². The lowest BCUT2D eigenvalue weighted by Crippen LogP contribution is -2.78. The van der Waals surface area contributed by atoms with Gasteiger partial charge in [0.2, 0.25) is 10.0 Å². The molecule has 2 aromatic carbocycles. The van der Waals surface area contributed by atoms with Gasteiger partial charge in [-0.15, -0.1) is 0 Å². The van der Waals surface area contributed by atoms with Crippen LogP contribution in [0.5, 0.6) is 0 Å². The maximum atomic E-state index is 14.1. The van der Waals surface area contributed by atoms with E-state index >= 15 is 0 Å². The molecule has 1 aliphatic heterocycles. The Kier molecular flexibility index (Phi) is 4.57. The SMILES string of the molecule is CC1(C)CN=C(C23CC(N(Cc4ccc(Cl)c(F)c4)S(=O)(=O)c4ccccc4)(C2)C3)N1. The summed E-state index contributed by atoms with van der Waals surface area (Å²) in [6, 6.07) is 12.9. The topological polar surface area (TPSA) is 61.8 Å². The molecule has 1 N–H and O–H groups in total. The smallest absolute Gasteiger partial charge is 0.243 e. The molecule has 0 unspecified atom stereocenters. The Balaban J connectivity index is 1.46. The Hall–Kier alpha value is -1.96. The molecule has 0 saturated heterocycles. The van der Waals surface area contributed by atoms with Crippen molar-refractivity contribution in [1.29, 1.82) is 0 Å². The molecule has 6 rings (SSSR count). The number of amidine groups is 1. The van der Waals surface area contributed by atoms with Gasteiger partial charge in [0.05, 0.1) is 22.0 Å². The van der Waals surface area contributed by atoms with Crippen molar-refractivity contribution in [2.24, 2.45) is 10.4 Å². The van der Waals surface area contributed by atoms with Gasteiger partial charge in [-0.2, -0.15) is 4.31 Å². The van der Waals surface area contributed by atoms with E-state index in [-0.39, 0.29) is 27.4 Å². The fourth-order valence-electron chi connectivity index (χ4n) is 5.26. The monoisotopic (exact) mass is 461 g/mol. The first kappa shape index (κ1) is 20.9. The van der Waals surface area contributed by atoms with E-state index in [1.165, 1.54) is 12.1 Å². The molecule has 0 radical (unpaired) electrons. The standard InChI is InChI=1S/C23H25ClFN3O2S/c1-21(2)15-26-20(27-21)22-12-23(13-22,14-22)28(11-16-8-9-18(24)19(25)10-16)31(29,30)17-6-4-3-5-7-17/h3-10H,11-15H2,1-2H3,(H,26,27). The van der Waals surface area contributed by atoms with E-state index in [0.29, 0.717) is 5.56 Å². The van der Waals surface area contributed by atoms with Crippen molar-refractivity contribution in [2.75, 3.05) is 6.54 Å². The average molecular weight is 462 g/mol. The van der Waals surface area contributed by atoms with Crippen molar-refractivity contribution < 1.29 is 12.8 Å². The second kappa shape index (κ2) is 6.77. The number of benzene rings is 2. The normalized spacial score (nSPS) is 28.5. The first-order valence-electron chi connectivity index (χ1n) is 10.4. The van der Waals surface area contributed by atoms with Crippen LogP contribution in [-0.4, -0.2) is 36.2 Å². The summed E-state index contributed by atoms with van der Waals surface area (Å²) >= 11 is 5.83. The molecule has 2 aromatic rings. The first-order chi connectivity index (χ1) is 14.6. The van der Waals surface area contributed by atoms with Gasteiger partial charge in [-0.05, 0) is 62.9 Å². The number of halogens is 2. The predicted octanol–water partition coefficient (Wildman–Crippen LogP) is 4.37. The number of aliphatic imine (C=N–C) groups is 1. The van der Waals surface area contributed by atoms with Crippen LogP contribution in [0.3, 0.4) is 0 Å². The Labute approximate surface area is 187 Å². The van der Waals surface area contributed by atoms with Crippen LogP contribution >= 0.6 is 11.6 Å². The van der Waals surface area contributed by atoms with Crippen molar-refractivity contribution in [3.8, 4) is 0 Å². The van der Waals surface area contributed by atoms with Gasteiger partial charge >= 0.3 is 0 Å². The maximum absolute atomic E-state index is 14.1. The third kappa shape index (κ3) is 3.29. The zero-order valence-corrected chi connectivity index (χ0v) is 19.1. The van der Waals surface area contributed by atoms with Crippen LogP contribution in [0, 0.1) is 11.2 Å². The lowest BCUT2D eigenvalue weighted by molar-refractivity contribution is -0.151. The van der Waals surface area contributed by atoms with Crippen LogP contribution in [-0.2, 0) is 16.6 Å². The predicted molar refractivity (Wildman–Crippen MR) is 119 cm³/mol. The van der Waals surface area contributed by atoms with Gasteiger partial charge in [0.25, 0.3) is 0 Å². The molecule has 0 atom stereocenters. The number of nitrogens with one attached hydrogen (secondary N) is 1. The van der Waals surface area contributed by atoms with E-state index in [0.717, 1.165) is 31.6 Å². The molecule has 0 spiro atoms. The van der Waals surface area contributed by atoms with Gasteiger partial charge in [0, 0.05) is 17.5 Å². The van der Waals surface area contributed by atoms with Gasteiger partial charge in [0.15, 0.2) is 0 Å². The highest BCUT2D eigenvalue weighted by atomic mass is 35.5. The van der Waals surface area contributed by atoms with Gasteiger partial charge in [-0.25, -0.2) is 12.8 Å². The zero-order valence-electron chi connectivity index (χ0n) is 17.5. The Morgan fingerprint density at radius 3 is 2.39 bits per heavy atom. The third-order valence-corrected chi connectivity index (χ3v) is 9.04. The highest BCUT2D eigenvalue weighted by Gasteiger charge is 2.74. The highest BCUT2D eigenvalue weighted by molar-refractivity contribution is 7.89. The fourth-order valence-corrected chi connectivity index (χ4v) is 7.15. The minimum absolute atomic E-state index is 0.0265. The molecule has 8 heteroatoms. The molecule has 2 bridgehead atoms. The highest BCUT2D eigenvalue weighted by Crippen LogP contribution is 2.71. The lowest BCUT2D eigenvalue weighted by atomic mass is 9.38. The minimum Gasteiger partial charge on any atom is -0.367 e. The Morgan fingerprint density at radius 1 is 1.13 bits per heavy atom. The molecule has 31 heavy (non-hydrogen) atoms. The van der Waals surface area contributed by atoms with Gasteiger partial charge in [-0.1, -0.05) is 35.9 Å². The van der Waals surface area contributed by atoms with Crippen molar-refractivity contribution in [3.05, 3.63) is 64.9 Å². The average Bonchev–Trinajstić information content (AvgIpc) is 3.02. The summed E-state index contributed by atoms with van der Waals surface area (Å²) in [7, 11) is -3.76. The van der Waals surface area contributed by atoms with Gasteiger partial charge in [0.1, 0.15) is 11.7 Å². The summed E-state index contributed by atoms with van der Waals surface area (Å²) in [5, 5.41) is 3.54. The first-order valence-corrected chi connectivity index (χ1v) is 12.2. The second-order valence-corrected chi connectivity index (χ2v) is 12.1. The Morgan fingerprint density at radius 2 is 1.81 bits per heavy atom. The number of rotatable bonds is 6. The number of hydrogen-bond donors (Lipinski definition) is 1. The molecular weight excluding hydrogens is 437 g/mol. The zero-order chi connectivity index (χ0) is 22.1. The Bertz CT molecular complexity index is 1160. The summed E-state index contributed by atoms with van der Waals surface area (Å²) in [4.78, 5) is 4.96. The van der Waals surface area contributed by atoms with Crippen molar-refractivity contribution in [1.82, 2.24) is 9.62 Å². The number of sulfonamides is 1. The molecular formula is C23H25ClFN3O2S. The van der Waals surface area contributed by atoms with E-state index in [1.54, 1.807) is 40.7 Å². The van der Waals surface area contributed by atoms with Crippen LogP contribution < -0.4 is 5.32 Å². The molecule has 0 amide bonds. The molecule has 5 nitrogen and oxygen atoms in total. The maximum Gasteiger partial charge on any atom is 0.243 e. The number of hydrogen-bond acceptors (Lipinski definition) is 4. The van der Waals surface area contributed by atoms with Gasteiger partial charge in [-0.3, -0.25) is 4.99 Å². The van der Waals surface area contributed by atoms with Gasteiger partial charge < -0.3 is 5.32 Å². The molecule has 3 aliphatic carbocycles. The summed E-state index contributed by atoms with van der Waals surface area (Å²) < 4.78 is 42.9. The molecule has 3 saturated carbocycles. The third-order valence-electron chi connectivity index (χ3n) is 6.76. The largest absolute Gasteiger partial charge is 0.367 e. The van der Waals surface area contributed by atoms with Crippen LogP contribution in [0.1, 0.15) is 38.7 Å². The summed E-state index contributed by atoms with van der Waals surface area (Å²) in [6.07, 6.45) is 2.18. The summed E-state index contributed by atoms with van der Waals surface area (Å²) in [5.74, 6) is 0.464. The summed E-state index contributed by atoms with van der Waals surface area (Å²) in [5.41, 5.74) is -0.0163. The quantitative estimate of drug-likeness (QED) is 0.694.